The van der Waals surface area contributed by atoms with Crippen LogP contribution in [0.3, 0.4) is 0 Å². The number of anilines is 1. The highest BCUT2D eigenvalue weighted by atomic mass is 35.5. The standard InChI is InChI=1S/C15H15Cl2N3O2/c16-11-1-3-12(4-2-11)20-15(21)14(17)13(8-19-20)18-7-10-5-6-22-9-10/h1-4,8,10,18H,5-7,9H2. The first-order chi connectivity index (χ1) is 10.6. The summed E-state index contributed by atoms with van der Waals surface area (Å²) in [7, 11) is 0. The minimum absolute atomic E-state index is 0.129. The van der Waals surface area contributed by atoms with E-state index in [-0.39, 0.29) is 10.6 Å². The number of ether oxygens (including phenoxy) is 1. The Morgan fingerprint density at radius 2 is 2.09 bits per heavy atom. The second-order valence-electron chi connectivity index (χ2n) is 5.18. The maximum absolute atomic E-state index is 12.3. The molecule has 1 aliphatic heterocycles. The van der Waals surface area contributed by atoms with Crippen LogP contribution in [0.4, 0.5) is 5.69 Å². The molecular formula is C15H15Cl2N3O2. The molecule has 2 aromatic rings. The molecule has 1 unspecified atom stereocenters. The first-order valence-electron chi connectivity index (χ1n) is 7.00. The third-order valence-corrected chi connectivity index (χ3v) is 4.21. The Morgan fingerprint density at radius 3 is 2.77 bits per heavy atom. The lowest BCUT2D eigenvalue weighted by Gasteiger charge is -2.12. The Hall–Kier alpha value is -1.56. The summed E-state index contributed by atoms with van der Waals surface area (Å²) in [6.07, 6.45) is 2.58. The summed E-state index contributed by atoms with van der Waals surface area (Å²) in [6.45, 7) is 2.24. The van der Waals surface area contributed by atoms with Gasteiger partial charge in [0.15, 0.2) is 0 Å². The first-order valence-corrected chi connectivity index (χ1v) is 7.76. The van der Waals surface area contributed by atoms with Crippen molar-refractivity contribution >= 4 is 28.9 Å². The van der Waals surface area contributed by atoms with E-state index in [0.29, 0.717) is 28.9 Å². The summed E-state index contributed by atoms with van der Waals surface area (Å²) in [5.41, 5.74) is 0.799. The van der Waals surface area contributed by atoms with Gasteiger partial charge < -0.3 is 10.1 Å². The van der Waals surface area contributed by atoms with E-state index < -0.39 is 0 Å². The van der Waals surface area contributed by atoms with Crippen LogP contribution in [0.1, 0.15) is 6.42 Å². The van der Waals surface area contributed by atoms with Crippen LogP contribution in [-0.2, 0) is 4.74 Å². The molecule has 1 aromatic heterocycles. The number of nitrogens with one attached hydrogen (secondary N) is 1. The fourth-order valence-corrected chi connectivity index (χ4v) is 2.64. The number of nitrogens with zero attached hydrogens (tertiary/aromatic N) is 2. The molecule has 116 valence electrons. The molecule has 1 fully saturated rings. The van der Waals surface area contributed by atoms with Crippen LogP contribution in [0.15, 0.2) is 35.3 Å². The van der Waals surface area contributed by atoms with Crippen molar-refractivity contribution in [3.05, 3.63) is 50.9 Å². The third-order valence-electron chi connectivity index (χ3n) is 3.60. The minimum Gasteiger partial charge on any atom is -0.382 e. The van der Waals surface area contributed by atoms with Crippen molar-refractivity contribution in [2.45, 2.75) is 6.42 Å². The Kier molecular flexibility index (Phi) is 4.66. The summed E-state index contributed by atoms with van der Waals surface area (Å²) in [6, 6.07) is 6.84. The Labute approximate surface area is 137 Å². The van der Waals surface area contributed by atoms with Gasteiger partial charge in [0, 0.05) is 24.1 Å². The lowest BCUT2D eigenvalue weighted by molar-refractivity contribution is 0.187. The van der Waals surface area contributed by atoms with E-state index in [9.17, 15) is 4.79 Å². The average Bonchev–Trinajstić information content (AvgIpc) is 3.03. The van der Waals surface area contributed by atoms with Crippen LogP contribution in [0.2, 0.25) is 10.0 Å². The van der Waals surface area contributed by atoms with Crippen molar-refractivity contribution in [3.8, 4) is 5.69 Å². The molecule has 1 aromatic carbocycles. The molecule has 1 saturated heterocycles. The topological polar surface area (TPSA) is 56.1 Å². The number of benzene rings is 1. The van der Waals surface area contributed by atoms with E-state index in [1.165, 1.54) is 4.68 Å². The van der Waals surface area contributed by atoms with Crippen LogP contribution in [0.25, 0.3) is 5.69 Å². The van der Waals surface area contributed by atoms with Gasteiger partial charge in [0.2, 0.25) is 0 Å². The summed E-state index contributed by atoms with van der Waals surface area (Å²) in [4.78, 5) is 12.3. The quantitative estimate of drug-likeness (QED) is 0.930. The molecule has 0 amide bonds. The molecule has 3 rings (SSSR count). The number of hydrogen-bond acceptors (Lipinski definition) is 4. The van der Waals surface area contributed by atoms with Gasteiger partial charge in [-0.2, -0.15) is 9.78 Å². The smallest absolute Gasteiger partial charge is 0.292 e. The molecule has 5 nitrogen and oxygen atoms in total. The second-order valence-corrected chi connectivity index (χ2v) is 5.99. The number of hydrogen-bond donors (Lipinski definition) is 1. The molecular weight excluding hydrogens is 325 g/mol. The van der Waals surface area contributed by atoms with Gasteiger partial charge in [-0.3, -0.25) is 4.79 Å². The number of aromatic nitrogens is 2. The zero-order chi connectivity index (χ0) is 15.5. The van der Waals surface area contributed by atoms with E-state index in [1.54, 1.807) is 30.5 Å². The van der Waals surface area contributed by atoms with Crippen molar-refractivity contribution in [1.29, 1.82) is 0 Å². The van der Waals surface area contributed by atoms with Gasteiger partial charge in [-0.25, -0.2) is 0 Å². The Balaban J connectivity index is 1.81. The first kappa shape index (κ1) is 15.3. The average molecular weight is 340 g/mol. The van der Waals surface area contributed by atoms with Crippen molar-refractivity contribution in [2.24, 2.45) is 5.92 Å². The SMILES string of the molecule is O=c1c(Cl)c(NCC2CCOC2)cnn1-c1ccc(Cl)cc1. The summed E-state index contributed by atoms with van der Waals surface area (Å²) >= 11 is 12.0. The number of rotatable bonds is 4. The zero-order valence-corrected chi connectivity index (χ0v) is 13.3. The molecule has 1 aliphatic rings. The van der Waals surface area contributed by atoms with Gasteiger partial charge in [0.25, 0.3) is 5.56 Å². The molecule has 22 heavy (non-hydrogen) atoms. The third kappa shape index (κ3) is 3.27. The van der Waals surface area contributed by atoms with E-state index in [4.69, 9.17) is 27.9 Å². The van der Waals surface area contributed by atoms with Crippen LogP contribution >= 0.6 is 23.2 Å². The van der Waals surface area contributed by atoms with Gasteiger partial charge in [0.05, 0.1) is 24.2 Å². The Bertz CT molecular complexity index is 710. The van der Waals surface area contributed by atoms with E-state index in [2.05, 4.69) is 10.4 Å². The van der Waals surface area contributed by atoms with Crippen molar-refractivity contribution in [3.63, 3.8) is 0 Å². The molecule has 0 saturated carbocycles. The zero-order valence-electron chi connectivity index (χ0n) is 11.8. The highest BCUT2D eigenvalue weighted by Crippen LogP contribution is 2.19. The van der Waals surface area contributed by atoms with Crippen LogP contribution in [-0.4, -0.2) is 29.5 Å². The molecule has 1 N–H and O–H groups in total. The van der Waals surface area contributed by atoms with E-state index >= 15 is 0 Å². The van der Waals surface area contributed by atoms with Gasteiger partial charge in [0.1, 0.15) is 5.02 Å². The van der Waals surface area contributed by atoms with Crippen LogP contribution in [0, 0.1) is 5.92 Å². The lowest BCUT2D eigenvalue weighted by atomic mass is 10.1. The van der Waals surface area contributed by atoms with E-state index in [1.807, 2.05) is 0 Å². The van der Waals surface area contributed by atoms with Crippen LogP contribution in [0.5, 0.6) is 0 Å². The highest BCUT2D eigenvalue weighted by Gasteiger charge is 2.17. The van der Waals surface area contributed by atoms with Gasteiger partial charge >= 0.3 is 0 Å². The predicted molar refractivity (Wildman–Crippen MR) is 87.3 cm³/mol. The van der Waals surface area contributed by atoms with Crippen molar-refractivity contribution in [2.75, 3.05) is 25.1 Å². The maximum atomic E-state index is 12.3. The predicted octanol–water partition coefficient (Wildman–Crippen LogP) is 2.99. The summed E-state index contributed by atoms with van der Waals surface area (Å²) in [5.74, 6) is 0.440. The van der Waals surface area contributed by atoms with Gasteiger partial charge in [-0.15, -0.1) is 0 Å². The summed E-state index contributed by atoms with van der Waals surface area (Å²) in [5, 5.41) is 8.07. The fourth-order valence-electron chi connectivity index (χ4n) is 2.32. The molecule has 0 spiro atoms. The monoisotopic (exact) mass is 339 g/mol. The molecule has 1 atom stereocenters. The van der Waals surface area contributed by atoms with E-state index in [0.717, 1.165) is 19.6 Å². The number of halogens is 2. The molecule has 0 bridgehead atoms. The van der Waals surface area contributed by atoms with Crippen LogP contribution < -0.4 is 10.9 Å². The van der Waals surface area contributed by atoms with Gasteiger partial charge in [-0.1, -0.05) is 23.2 Å². The summed E-state index contributed by atoms with van der Waals surface area (Å²) < 4.78 is 6.57. The Morgan fingerprint density at radius 1 is 1.32 bits per heavy atom. The second kappa shape index (κ2) is 6.69. The van der Waals surface area contributed by atoms with Crippen molar-refractivity contribution in [1.82, 2.24) is 9.78 Å². The van der Waals surface area contributed by atoms with Gasteiger partial charge in [-0.05, 0) is 30.7 Å². The normalized spacial score (nSPS) is 17.6. The minimum atomic E-state index is -0.364. The maximum Gasteiger partial charge on any atom is 0.292 e. The van der Waals surface area contributed by atoms with Crippen molar-refractivity contribution < 1.29 is 4.74 Å². The molecule has 7 heteroatoms. The largest absolute Gasteiger partial charge is 0.382 e. The molecule has 2 heterocycles. The molecule has 0 radical (unpaired) electrons. The lowest BCUT2D eigenvalue weighted by Crippen LogP contribution is -2.24. The highest BCUT2D eigenvalue weighted by molar-refractivity contribution is 6.33. The molecule has 0 aliphatic carbocycles. The fraction of sp³-hybridized carbons (Fsp3) is 0.333.